The number of para-hydroxylation sites is 1. The summed E-state index contributed by atoms with van der Waals surface area (Å²) >= 11 is 0. The van der Waals surface area contributed by atoms with Crippen molar-refractivity contribution in [3.8, 4) is 22.9 Å². The van der Waals surface area contributed by atoms with Gasteiger partial charge in [0, 0.05) is 17.6 Å². The minimum absolute atomic E-state index is 0.0859. The molecule has 3 heterocycles. The first-order valence-electron chi connectivity index (χ1n) is 9.24. The summed E-state index contributed by atoms with van der Waals surface area (Å²) in [5.74, 6) is 0.891. The number of hydrogen-bond acceptors (Lipinski definition) is 6. The number of hydrogen-bond donors (Lipinski definition) is 3. The standard InChI is InChI=1S/C22H17N5O3/c1-12-9-18(30-13-5-4-8-24-11-13)17(28)10-16(12)27-21(23)19-20(26-27)14-6-2-3-7-15(14)25-22(19)29/h2-11,28H,23H2,1H3,(H,25,29). The van der Waals surface area contributed by atoms with Crippen LogP contribution < -0.4 is 16.0 Å². The molecule has 8 heteroatoms. The zero-order valence-corrected chi connectivity index (χ0v) is 16.0. The van der Waals surface area contributed by atoms with E-state index in [1.54, 1.807) is 30.6 Å². The van der Waals surface area contributed by atoms with Crippen molar-refractivity contribution < 1.29 is 9.84 Å². The van der Waals surface area contributed by atoms with Crippen LogP contribution in [0.15, 0.2) is 65.7 Å². The van der Waals surface area contributed by atoms with Crippen LogP contribution in [-0.2, 0) is 0 Å². The van der Waals surface area contributed by atoms with Gasteiger partial charge in [-0.25, -0.2) is 4.68 Å². The molecule has 2 aromatic carbocycles. The topological polar surface area (TPSA) is 119 Å². The molecular formula is C22H17N5O3. The van der Waals surface area contributed by atoms with Crippen LogP contribution in [0.4, 0.5) is 5.82 Å². The Bertz CT molecular complexity index is 1470. The number of nitrogens with zero attached hydrogens (tertiary/aromatic N) is 3. The lowest BCUT2D eigenvalue weighted by Crippen LogP contribution is -2.08. The lowest BCUT2D eigenvalue weighted by molar-refractivity contribution is 0.409. The summed E-state index contributed by atoms with van der Waals surface area (Å²) in [6.07, 6.45) is 3.19. The number of ether oxygens (including phenoxy) is 1. The Morgan fingerprint density at radius 3 is 2.80 bits per heavy atom. The molecule has 0 bridgehead atoms. The summed E-state index contributed by atoms with van der Waals surface area (Å²) in [7, 11) is 0. The van der Waals surface area contributed by atoms with Gasteiger partial charge in [0.2, 0.25) is 0 Å². The molecule has 30 heavy (non-hydrogen) atoms. The average Bonchev–Trinajstić information content (AvgIpc) is 3.09. The number of nitrogen functional groups attached to an aromatic ring is 1. The highest BCUT2D eigenvalue weighted by molar-refractivity contribution is 6.06. The third kappa shape index (κ3) is 2.74. The van der Waals surface area contributed by atoms with Gasteiger partial charge >= 0.3 is 0 Å². The molecule has 0 radical (unpaired) electrons. The Balaban J connectivity index is 1.68. The fourth-order valence-electron chi connectivity index (χ4n) is 3.51. The van der Waals surface area contributed by atoms with Crippen LogP contribution in [0.3, 0.4) is 0 Å². The van der Waals surface area contributed by atoms with E-state index in [0.717, 1.165) is 10.9 Å². The predicted molar refractivity (Wildman–Crippen MR) is 114 cm³/mol. The number of aromatic nitrogens is 4. The van der Waals surface area contributed by atoms with Crippen molar-refractivity contribution in [1.29, 1.82) is 0 Å². The number of nitrogens with one attached hydrogen (secondary N) is 1. The maximum atomic E-state index is 12.6. The molecule has 4 N–H and O–H groups in total. The number of rotatable bonds is 3. The Labute approximate surface area is 170 Å². The molecule has 8 nitrogen and oxygen atoms in total. The maximum Gasteiger partial charge on any atom is 0.261 e. The number of benzene rings is 2. The molecule has 148 valence electrons. The molecular weight excluding hydrogens is 382 g/mol. The molecule has 3 aromatic heterocycles. The minimum Gasteiger partial charge on any atom is -0.504 e. The largest absolute Gasteiger partial charge is 0.504 e. The number of H-pyrrole nitrogens is 1. The fourth-order valence-corrected chi connectivity index (χ4v) is 3.51. The molecule has 0 saturated carbocycles. The molecule has 5 aromatic rings. The number of phenolic OH excluding ortho intramolecular Hbond substituents is 1. The summed E-state index contributed by atoms with van der Waals surface area (Å²) < 4.78 is 7.19. The molecule has 0 fully saturated rings. The highest BCUT2D eigenvalue weighted by Crippen LogP contribution is 2.36. The summed E-state index contributed by atoms with van der Waals surface area (Å²) in [6.45, 7) is 1.85. The second kappa shape index (κ2) is 6.63. The number of aromatic hydroxyl groups is 1. The molecule has 0 spiro atoms. The Morgan fingerprint density at radius 2 is 2.00 bits per heavy atom. The van der Waals surface area contributed by atoms with Crippen molar-refractivity contribution in [2.75, 3.05) is 5.73 Å². The third-order valence-electron chi connectivity index (χ3n) is 4.95. The molecule has 0 aliphatic carbocycles. The van der Waals surface area contributed by atoms with E-state index in [-0.39, 0.29) is 22.9 Å². The van der Waals surface area contributed by atoms with Gasteiger partial charge in [0.1, 0.15) is 22.5 Å². The summed E-state index contributed by atoms with van der Waals surface area (Å²) in [6, 6.07) is 14.1. The quantitative estimate of drug-likeness (QED) is 0.426. The van der Waals surface area contributed by atoms with Crippen LogP contribution in [0.1, 0.15) is 5.56 Å². The zero-order chi connectivity index (χ0) is 20.8. The number of phenols is 1. The first-order chi connectivity index (χ1) is 14.5. The van der Waals surface area contributed by atoms with E-state index in [0.29, 0.717) is 27.9 Å². The van der Waals surface area contributed by atoms with Gasteiger partial charge in [0.05, 0.1) is 17.4 Å². The number of fused-ring (bicyclic) bond motifs is 3. The van der Waals surface area contributed by atoms with Gasteiger partial charge in [-0.15, -0.1) is 0 Å². The number of anilines is 1. The monoisotopic (exact) mass is 399 g/mol. The van der Waals surface area contributed by atoms with Gasteiger partial charge in [-0.2, -0.15) is 5.10 Å². The molecule has 0 amide bonds. The van der Waals surface area contributed by atoms with Crippen LogP contribution >= 0.6 is 0 Å². The molecule has 0 atom stereocenters. The highest BCUT2D eigenvalue weighted by atomic mass is 16.5. The Kier molecular flexibility index (Phi) is 3.92. The van der Waals surface area contributed by atoms with Crippen LogP contribution in [0.25, 0.3) is 27.5 Å². The molecule has 5 rings (SSSR count). The van der Waals surface area contributed by atoms with Crippen molar-refractivity contribution in [1.82, 2.24) is 19.7 Å². The number of nitrogens with two attached hydrogens (primary N) is 1. The summed E-state index contributed by atoms with van der Waals surface area (Å²) in [4.78, 5) is 19.4. The first-order valence-corrected chi connectivity index (χ1v) is 9.24. The molecule has 0 aliphatic rings. The van der Waals surface area contributed by atoms with Gasteiger partial charge in [0.25, 0.3) is 5.56 Å². The van der Waals surface area contributed by atoms with E-state index >= 15 is 0 Å². The second-order valence-corrected chi connectivity index (χ2v) is 6.92. The highest BCUT2D eigenvalue weighted by Gasteiger charge is 2.19. The maximum absolute atomic E-state index is 12.6. The van der Waals surface area contributed by atoms with E-state index in [1.807, 2.05) is 31.2 Å². The van der Waals surface area contributed by atoms with Crippen LogP contribution in [0.5, 0.6) is 17.2 Å². The van der Waals surface area contributed by atoms with Crippen LogP contribution in [0, 0.1) is 6.92 Å². The Morgan fingerprint density at radius 1 is 1.17 bits per heavy atom. The number of pyridine rings is 2. The van der Waals surface area contributed by atoms with Gasteiger partial charge in [0.15, 0.2) is 11.5 Å². The van der Waals surface area contributed by atoms with Gasteiger partial charge < -0.3 is 20.6 Å². The average molecular weight is 399 g/mol. The Hall–Kier alpha value is -4.33. The van der Waals surface area contributed by atoms with Crippen molar-refractivity contribution in [2.24, 2.45) is 0 Å². The van der Waals surface area contributed by atoms with Crippen LogP contribution in [-0.4, -0.2) is 24.9 Å². The van der Waals surface area contributed by atoms with E-state index in [1.165, 1.54) is 10.7 Å². The third-order valence-corrected chi connectivity index (χ3v) is 4.95. The van der Waals surface area contributed by atoms with Gasteiger partial charge in [-0.05, 0) is 36.8 Å². The zero-order valence-electron chi connectivity index (χ0n) is 16.0. The molecule has 0 saturated heterocycles. The second-order valence-electron chi connectivity index (χ2n) is 6.92. The van der Waals surface area contributed by atoms with Gasteiger partial charge in [-0.1, -0.05) is 18.2 Å². The summed E-state index contributed by atoms with van der Waals surface area (Å²) in [5, 5.41) is 16.2. The van der Waals surface area contributed by atoms with Crippen molar-refractivity contribution >= 4 is 27.6 Å². The normalized spacial score (nSPS) is 11.2. The molecule has 0 aliphatic heterocycles. The predicted octanol–water partition coefficient (Wildman–Crippen LogP) is 3.65. The lowest BCUT2D eigenvalue weighted by atomic mass is 10.1. The first kappa shape index (κ1) is 17.7. The van der Waals surface area contributed by atoms with Crippen molar-refractivity contribution in [2.45, 2.75) is 6.92 Å². The smallest absolute Gasteiger partial charge is 0.261 e. The lowest BCUT2D eigenvalue weighted by Gasteiger charge is -2.13. The summed E-state index contributed by atoms with van der Waals surface area (Å²) in [5.41, 5.74) is 8.47. The van der Waals surface area contributed by atoms with E-state index in [4.69, 9.17) is 10.5 Å². The number of aromatic amines is 1. The van der Waals surface area contributed by atoms with E-state index in [9.17, 15) is 9.90 Å². The van der Waals surface area contributed by atoms with E-state index in [2.05, 4.69) is 15.1 Å². The number of aryl methyl sites for hydroxylation is 1. The van der Waals surface area contributed by atoms with Gasteiger partial charge in [-0.3, -0.25) is 9.78 Å². The molecule has 0 unspecified atom stereocenters. The van der Waals surface area contributed by atoms with Crippen molar-refractivity contribution in [3.05, 3.63) is 76.8 Å². The van der Waals surface area contributed by atoms with Crippen molar-refractivity contribution in [3.63, 3.8) is 0 Å². The van der Waals surface area contributed by atoms with Crippen LogP contribution in [0.2, 0.25) is 0 Å². The minimum atomic E-state index is -0.314. The van der Waals surface area contributed by atoms with E-state index < -0.39 is 0 Å². The SMILES string of the molecule is Cc1cc(Oc2cccnc2)c(O)cc1-n1nc2c(c1N)c(=O)[nH]c1ccccc12. The fraction of sp³-hybridized carbons (Fsp3) is 0.0455.